The Labute approximate surface area is 114 Å². The Morgan fingerprint density at radius 1 is 1.61 bits per heavy atom. The first-order chi connectivity index (χ1) is 8.60. The van der Waals surface area contributed by atoms with Crippen LogP contribution in [0, 0.1) is 0 Å². The fraction of sp³-hybridized carbons (Fsp3) is 0.333. The van der Waals surface area contributed by atoms with Gasteiger partial charge < -0.3 is 10.4 Å². The monoisotopic (exact) mass is 284 g/mol. The van der Waals surface area contributed by atoms with E-state index in [0.29, 0.717) is 16.5 Å². The molecule has 0 radical (unpaired) electrons. The van der Waals surface area contributed by atoms with Crippen molar-refractivity contribution in [1.82, 2.24) is 10.3 Å². The van der Waals surface area contributed by atoms with Crippen molar-refractivity contribution in [2.45, 2.75) is 19.4 Å². The molecule has 0 aliphatic carbocycles. The van der Waals surface area contributed by atoms with E-state index in [1.54, 1.807) is 18.2 Å². The van der Waals surface area contributed by atoms with Crippen molar-refractivity contribution in [3.8, 4) is 0 Å². The fourth-order valence-corrected chi connectivity index (χ4v) is 2.68. The largest absolute Gasteiger partial charge is 0.396 e. The molecule has 0 fully saturated rings. The molecule has 0 bridgehead atoms. The lowest BCUT2D eigenvalue weighted by Gasteiger charge is -2.12. The highest BCUT2D eigenvalue weighted by atomic mass is 35.5. The normalized spacial score (nSPS) is 12.6. The molecule has 0 aliphatic rings. The number of fused-ring (bicyclic) bond motifs is 1. The van der Waals surface area contributed by atoms with Crippen LogP contribution in [0.4, 0.5) is 0 Å². The highest BCUT2D eigenvalue weighted by molar-refractivity contribution is 7.22. The van der Waals surface area contributed by atoms with Crippen LogP contribution in [0.15, 0.2) is 18.2 Å². The number of amides is 1. The maximum atomic E-state index is 11.9. The predicted octanol–water partition coefficient (Wildman–Crippen LogP) is 2.45. The number of hydrogen-bond acceptors (Lipinski definition) is 4. The lowest BCUT2D eigenvalue weighted by atomic mass is 10.1. The Morgan fingerprint density at radius 2 is 2.39 bits per heavy atom. The second kappa shape index (κ2) is 5.65. The van der Waals surface area contributed by atoms with Crippen molar-refractivity contribution in [3.05, 3.63) is 28.2 Å². The van der Waals surface area contributed by atoms with Crippen LogP contribution in [0.5, 0.6) is 0 Å². The third-order valence-corrected chi connectivity index (χ3v) is 3.69. The van der Waals surface area contributed by atoms with Gasteiger partial charge in [-0.2, -0.15) is 0 Å². The molecule has 2 N–H and O–H groups in total. The van der Waals surface area contributed by atoms with Crippen molar-refractivity contribution in [3.63, 3.8) is 0 Å². The number of benzene rings is 1. The zero-order valence-corrected chi connectivity index (χ0v) is 11.4. The van der Waals surface area contributed by atoms with E-state index >= 15 is 0 Å². The van der Waals surface area contributed by atoms with Crippen molar-refractivity contribution >= 4 is 39.1 Å². The van der Waals surface area contributed by atoms with Crippen LogP contribution in [0.3, 0.4) is 0 Å². The first-order valence-corrected chi connectivity index (χ1v) is 6.77. The number of carbonyl (C=O) groups excluding carboxylic acids is 1. The van der Waals surface area contributed by atoms with Gasteiger partial charge in [-0.15, -0.1) is 11.3 Å². The number of aliphatic hydroxyl groups excluding tert-OH is 1. The van der Waals surface area contributed by atoms with E-state index in [2.05, 4.69) is 10.3 Å². The summed E-state index contributed by atoms with van der Waals surface area (Å²) in [4.78, 5) is 16.1. The van der Waals surface area contributed by atoms with Crippen LogP contribution in [0.1, 0.15) is 23.7 Å². The van der Waals surface area contributed by atoms with E-state index in [9.17, 15) is 4.79 Å². The lowest BCUT2D eigenvalue weighted by molar-refractivity contribution is 0.0934. The third kappa shape index (κ3) is 2.98. The van der Waals surface area contributed by atoms with E-state index in [-0.39, 0.29) is 18.6 Å². The minimum atomic E-state index is -0.151. The number of nitrogens with zero attached hydrogens (tertiary/aromatic N) is 1. The number of rotatable bonds is 4. The standard InChI is InChI=1S/C12H13ClN2O2S/c1-7(4-5-16)14-11(17)8-2-3-9-10(6-8)18-12(13)15-9/h2-3,6-7,16H,4-5H2,1H3,(H,14,17). The van der Waals surface area contributed by atoms with Crippen LogP contribution < -0.4 is 5.32 Å². The predicted molar refractivity (Wildman–Crippen MR) is 73.3 cm³/mol. The van der Waals surface area contributed by atoms with E-state index in [1.165, 1.54) is 11.3 Å². The number of nitrogens with one attached hydrogen (secondary N) is 1. The van der Waals surface area contributed by atoms with E-state index in [0.717, 1.165) is 10.2 Å². The van der Waals surface area contributed by atoms with Crippen LogP contribution in [0.25, 0.3) is 10.2 Å². The SMILES string of the molecule is CC(CCO)NC(=O)c1ccc2nc(Cl)sc2c1. The molecule has 2 rings (SSSR count). The second-order valence-electron chi connectivity index (χ2n) is 4.04. The summed E-state index contributed by atoms with van der Waals surface area (Å²) in [5, 5.41) is 11.6. The first-order valence-electron chi connectivity index (χ1n) is 5.58. The van der Waals surface area contributed by atoms with Crippen molar-refractivity contribution in [1.29, 1.82) is 0 Å². The summed E-state index contributed by atoms with van der Waals surface area (Å²) >= 11 is 7.17. The molecule has 1 atom stereocenters. The van der Waals surface area contributed by atoms with Gasteiger partial charge in [-0.05, 0) is 31.5 Å². The molecule has 96 valence electrons. The highest BCUT2D eigenvalue weighted by Gasteiger charge is 2.11. The molecule has 0 aliphatic heterocycles. The summed E-state index contributed by atoms with van der Waals surface area (Å²) < 4.78 is 1.36. The van der Waals surface area contributed by atoms with Gasteiger partial charge in [0.15, 0.2) is 4.47 Å². The van der Waals surface area contributed by atoms with Crippen LogP contribution in [-0.4, -0.2) is 28.6 Å². The summed E-state index contributed by atoms with van der Waals surface area (Å²) in [6.45, 7) is 1.92. The summed E-state index contributed by atoms with van der Waals surface area (Å²) in [6, 6.07) is 5.23. The van der Waals surface area contributed by atoms with E-state index < -0.39 is 0 Å². The summed E-state index contributed by atoms with van der Waals surface area (Å²) in [7, 11) is 0. The number of hydrogen-bond donors (Lipinski definition) is 2. The molecular formula is C12H13ClN2O2S. The molecule has 4 nitrogen and oxygen atoms in total. The number of carbonyl (C=O) groups is 1. The molecule has 0 spiro atoms. The zero-order valence-electron chi connectivity index (χ0n) is 9.81. The van der Waals surface area contributed by atoms with Crippen molar-refractivity contribution < 1.29 is 9.90 Å². The molecule has 6 heteroatoms. The number of halogens is 1. The summed E-state index contributed by atoms with van der Waals surface area (Å²) in [6.07, 6.45) is 0.542. The maximum Gasteiger partial charge on any atom is 0.251 e. The van der Waals surface area contributed by atoms with Crippen molar-refractivity contribution in [2.24, 2.45) is 0 Å². The molecule has 2 aromatic rings. The second-order valence-corrected chi connectivity index (χ2v) is 5.65. The van der Waals surface area contributed by atoms with Gasteiger partial charge in [-0.25, -0.2) is 4.98 Å². The molecule has 1 aromatic carbocycles. The molecule has 1 heterocycles. The van der Waals surface area contributed by atoms with Gasteiger partial charge in [-0.1, -0.05) is 11.6 Å². The van der Waals surface area contributed by atoms with Gasteiger partial charge >= 0.3 is 0 Å². The van der Waals surface area contributed by atoms with Crippen LogP contribution in [0.2, 0.25) is 4.47 Å². The topological polar surface area (TPSA) is 62.2 Å². The molecular weight excluding hydrogens is 272 g/mol. The Bertz CT molecular complexity index is 570. The highest BCUT2D eigenvalue weighted by Crippen LogP contribution is 2.26. The minimum absolute atomic E-state index is 0.0526. The van der Waals surface area contributed by atoms with Gasteiger partial charge in [0.1, 0.15) is 0 Å². The minimum Gasteiger partial charge on any atom is -0.396 e. The number of aromatic nitrogens is 1. The van der Waals surface area contributed by atoms with Gasteiger partial charge in [-0.3, -0.25) is 4.79 Å². The first kappa shape index (κ1) is 13.3. The van der Waals surface area contributed by atoms with Crippen LogP contribution in [-0.2, 0) is 0 Å². The van der Waals surface area contributed by atoms with E-state index in [1.807, 2.05) is 6.92 Å². The van der Waals surface area contributed by atoms with Gasteiger partial charge in [0.25, 0.3) is 5.91 Å². The molecule has 0 saturated heterocycles. The number of thiazole rings is 1. The smallest absolute Gasteiger partial charge is 0.251 e. The Hall–Kier alpha value is -1.17. The average molecular weight is 285 g/mol. The summed E-state index contributed by atoms with van der Waals surface area (Å²) in [5.41, 5.74) is 1.37. The summed E-state index contributed by atoms with van der Waals surface area (Å²) in [5.74, 6) is -0.151. The van der Waals surface area contributed by atoms with Crippen molar-refractivity contribution in [2.75, 3.05) is 6.61 Å². The molecule has 1 amide bonds. The molecule has 1 aromatic heterocycles. The maximum absolute atomic E-state index is 11.9. The molecule has 1 unspecified atom stereocenters. The molecule has 18 heavy (non-hydrogen) atoms. The quantitative estimate of drug-likeness (QED) is 0.906. The zero-order chi connectivity index (χ0) is 13.1. The number of aliphatic hydroxyl groups is 1. The Morgan fingerprint density at radius 3 is 3.11 bits per heavy atom. The average Bonchev–Trinajstić information content (AvgIpc) is 2.68. The van der Waals surface area contributed by atoms with Gasteiger partial charge in [0, 0.05) is 18.2 Å². The van der Waals surface area contributed by atoms with Gasteiger partial charge in [0.2, 0.25) is 0 Å². The third-order valence-electron chi connectivity index (χ3n) is 2.56. The Kier molecular flexibility index (Phi) is 4.16. The lowest BCUT2D eigenvalue weighted by Crippen LogP contribution is -2.33. The van der Waals surface area contributed by atoms with E-state index in [4.69, 9.17) is 16.7 Å². The molecule has 0 saturated carbocycles. The van der Waals surface area contributed by atoms with Gasteiger partial charge in [0.05, 0.1) is 10.2 Å². The fourth-order valence-electron chi connectivity index (χ4n) is 1.61. The van der Waals surface area contributed by atoms with Crippen LogP contribution >= 0.6 is 22.9 Å². The Balaban J connectivity index is 2.17.